The first-order chi connectivity index (χ1) is 9.75. The summed E-state index contributed by atoms with van der Waals surface area (Å²) < 4.78 is 13.4. The van der Waals surface area contributed by atoms with Gasteiger partial charge in [0.1, 0.15) is 5.82 Å². The molecule has 1 aliphatic carbocycles. The van der Waals surface area contributed by atoms with Crippen molar-refractivity contribution < 1.29 is 4.39 Å². The molecule has 1 aromatic rings. The van der Waals surface area contributed by atoms with Crippen molar-refractivity contribution in [3.05, 3.63) is 35.6 Å². The van der Waals surface area contributed by atoms with Crippen LogP contribution >= 0.6 is 11.8 Å². The molecular weight excluding hydrogens is 273 g/mol. The molecule has 0 aromatic heterocycles. The van der Waals surface area contributed by atoms with E-state index in [0.29, 0.717) is 11.7 Å². The molecule has 0 aliphatic heterocycles. The largest absolute Gasteiger partial charge is 0.370 e. The van der Waals surface area contributed by atoms with E-state index in [9.17, 15) is 4.39 Å². The van der Waals surface area contributed by atoms with Gasteiger partial charge in [0, 0.05) is 24.6 Å². The van der Waals surface area contributed by atoms with E-state index in [1.165, 1.54) is 25.3 Å². The molecule has 3 nitrogen and oxygen atoms in total. The van der Waals surface area contributed by atoms with E-state index in [2.05, 4.69) is 10.3 Å². The third-order valence-electron chi connectivity index (χ3n) is 3.51. The molecule has 5 heteroatoms. The van der Waals surface area contributed by atoms with E-state index >= 15 is 0 Å². The highest BCUT2D eigenvalue weighted by Gasteiger charge is 2.16. The Morgan fingerprint density at radius 2 is 2.20 bits per heavy atom. The quantitative estimate of drug-likeness (QED) is 0.462. The molecule has 110 valence electrons. The van der Waals surface area contributed by atoms with Crippen LogP contribution in [-0.4, -0.2) is 24.8 Å². The number of nitrogens with two attached hydrogens (primary N) is 1. The van der Waals surface area contributed by atoms with Crippen LogP contribution in [0.1, 0.15) is 24.8 Å². The highest BCUT2D eigenvalue weighted by molar-refractivity contribution is 7.98. The molecule has 1 saturated carbocycles. The molecule has 20 heavy (non-hydrogen) atoms. The molecule has 1 fully saturated rings. The second kappa shape index (κ2) is 8.15. The smallest absolute Gasteiger partial charge is 0.188 e. The molecule has 1 aliphatic rings. The van der Waals surface area contributed by atoms with Crippen LogP contribution in [0.25, 0.3) is 0 Å². The summed E-state index contributed by atoms with van der Waals surface area (Å²) in [5, 5.41) is 3.10. The number of thioether (sulfide) groups is 1. The average Bonchev–Trinajstić information content (AvgIpc) is 2.38. The monoisotopic (exact) mass is 295 g/mol. The lowest BCUT2D eigenvalue weighted by Gasteiger charge is -2.23. The summed E-state index contributed by atoms with van der Waals surface area (Å²) in [6, 6.07) is 6.90. The van der Waals surface area contributed by atoms with Crippen molar-refractivity contribution in [2.45, 2.75) is 25.0 Å². The van der Waals surface area contributed by atoms with Crippen LogP contribution in [0.5, 0.6) is 0 Å². The van der Waals surface area contributed by atoms with Gasteiger partial charge in [-0.1, -0.05) is 24.6 Å². The van der Waals surface area contributed by atoms with E-state index in [4.69, 9.17) is 5.73 Å². The van der Waals surface area contributed by atoms with Crippen LogP contribution in [-0.2, 0) is 5.75 Å². The lowest BCUT2D eigenvalue weighted by Crippen LogP contribution is -2.34. The first kappa shape index (κ1) is 15.2. The second-order valence-corrected chi connectivity index (χ2v) is 6.20. The lowest BCUT2D eigenvalue weighted by atomic mass is 9.86. The number of rotatable bonds is 7. The second-order valence-electron chi connectivity index (χ2n) is 5.09. The Labute approximate surface area is 124 Å². The maximum atomic E-state index is 13.4. The van der Waals surface area contributed by atoms with Crippen molar-refractivity contribution in [3.8, 4) is 0 Å². The number of guanidine groups is 1. The Hall–Kier alpha value is -1.23. The van der Waals surface area contributed by atoms with Crippen LogP contribution in [0.4, 0.5) is 4.39 Å². The summed E-state index contributed by atoms with van der Waals surface area (Å²) in [5.74, 6) is 2.71. The van der Waals surface area contributed by atoms with Gasteiger partial charge < -0.3 is 11.1 Å². The van der Waals surface area contributed by atoms with Crippen molar-refractivity contribution in [1.29, 1.82) is 0 Å². The van der Waals surface area contributed by atoms with Gasteiger partial charge in [-0.25, -0.2) is 4.39 Å². The number of hydrogen-bond donors (Lipinski definition) is 2. The van der Waals surface area contributed by atoms with Crippen LogP contribution in [0.3, 0.4) is 0 Å². The predicted octanol–water partition coefficient (Wildman–Crippen LogP) is 2.76. The molecule has 0 heterocycles. The molecule has 0 saturated heterocycles. The highest BCUT2D eigenvalue weighted by Crippen LogP contribution is 2.26. The third-order valence-corrected chi connectivity index (χ3v) is 4.52. The molecule has 3 N–H and O–H groups in total. The molecule has 0 radical (unpaired) electrons. The summed E-state index contributed by atoms with van der Waals surface area (Å²) >= 11 is 1.69. The zero-order chi connectivity index (χ0) is 14.2. The predicted molar refractivity (Wildman–Crippen MR) is 84.4 cm³/mol. The van der Waals surface area contributed by atoms with Crippen LogP contribution in [0, 0.1) is 11.7 Å². The Morgan fingerprint density at radius 3 is 2.90 bits per heavy atom. The molecular formula is C15H22FN3S. The standard InChI is InChI=1S/C15H22FN3S/c16-14-7-2-1-6-13(14)11-20-9-8-18-15(17)19-10-12-4-3-5-12/h1-2,6-7,12H,3-5,8-11H2,(H3,17,18,19). The van der Waals surface area contributed by atoms with Crippen LogP contribution in [0.2, 0.25) is 0 Å². The van der Waals surface area contributed by atoms with Gasteiger partial charge in [0.05, 0.1) is 0 Å². The van der Waals surface area contributed by atoms with Crippen molar-refractivity contribution in [2.24, 2.45) is 16.6 Å². The average molecular weight is 295 g/mol. The van der Waals surface area contributed by atoms with E-state index < -0.39 is 0 Å². The molecule has 0 unspecified atom stereocenters. The van der Waals surface area contributed by atoms with Gasteiger partial charge in [0.25, 0.3) is 0 Å². The molecule has 1 aromatic carbocycles. The summed E-state index contributed by atoms with van der Waals surface area (Å²) in [6.07, 6.45) is 3.91. The van der Waals surface area contributed by atoms with Gasteiger partial charge in [-0.15, -0.1) is 0 Å². The van der Waals surface area contributed by atoms with Crippen molar-refractivity contribution in [2.75, 3.05) is 18.8 Å². The Balaban J connectivity index is 1.55. The fourth-order valence-electron chi connectivity index (χ4n) is 2.01. The highest BCUT2D eigenvalue weighted by atomic mass is 32.2. The van der Waals surface area contributed by atoms with Gasteiger partial charge >= 0.3 is 0 Å². The minimum Gasteiger partial charge on any atom is -0.370 e. The molecule has 0 atom stereocenters. The maximum Gasteiger partial charge on any atom is 0.188 e. The van der Waals surface area contributed by atoms with Gasteiger partial charge in [-0.05, 0) is 30.4 Å². The fraction of sp³-hybridized carbons (Fsp3) is 0.533. The van der Waals surface area contributed by atoms with Gasteiger partial charge in [0.2, 0.25) is 0 Å². The number of nitrogens with one attached hydrogen (secondary N) is 1. The minimum absolute atomic E-state index is 0.130. The van der Waals surface area contributed by atoms with E-state index in [0.717, 1.165) is 30.3 Å². The van der Waals surface area contributed by atoms with E-state index in [-0.39, 0.29) is 5.82 Å². The molecule has 0 bridgehead atoms. The van der Waals surface area contributed by atoms with E-state index in [1.54, 1.807) is 17.8 Å². The SMILES string of the molecule is NC(=NCC1CCC1)NCCSCc1ccccc1F. The zero-order valence-corrected chi connectivity index (χ0v) is 12.5. The van der Waals surface area contributed by atoms with E-state index in [1.807, 2.05) is 12.1 Å². The lowest BCUT2D eigenvalue weighted by molar-refractivity contribution is 0.326. The number of nitrogens with zero attached hydrogens (tertiary/aromatic N) is 1. The summed E-state index contributed by atoms with van der Waals surface area (Å²) in [5.41, 5.74) is 6.54. The van der Waals surface area contributed by atoms with Gasteiger partial charge in [-0.2, -0.15) is 11.8 Å². The molecule has 2 rings (SSSR count). The third kappa shape index (κ3) is 5.04. The number of benzene rings is 1. The molecule has 0 amide bonds. The number of hydrogen-bond acceptors (Lipinski definition) is 2. The van der Waals surface area contributed by atoms with Crippen LogP contribution < -0.4 is 11.1 Å². The Bertz CT molecular complexity index is 446. The topological polar surface area (TPSA) is 50.4 Å². The zero-order valence-electron chi connectivity index (χ0n) is 11.6. The van der Waals surface area contributed by atoms with Crippen molar-refractivity contribution in [1.82, 2.24) is 5.32 Å². The number of halogens is 1. The Morgan fingerprint density at radius 1 is 1.40 bits per heavy atom. The van der Waals surface area contributed by atoms with Crippen LogP contribution in [0.15, 0.2) is 29.3 Å². The number of aliphatic imine (C=N–C) groups is 1. The molecule has 0 spiro atoms. The first-order valence-corrected chi connectivity index (χ1v) is 8.26. The maximum absolute atomic E-state index is 13.4. The van der Waals surface area contributed by atoms with Crippen molar-refractivity contribution >= 4 is 17.7 Å². The summed E-state index contributed by atoms with van der Waals surface area (Å²) in [6.45, 7) is 1.61. The summed E-state index contributed by atoms with van der Waals surface area (Å²) in [7, 11) is 0. The fourth-order valence-corrected chi connectivity index (χ4v) is 2.85. The first-order valence-electron chi connectivity index (χ1n) is 7.10. The Kier molecular flexibility index (Phi) is 6.18. The summed E-state index contributed by atoms with van der Waals surface area (Å²) in [4.78, 5) is 4.33. The van der Waals surface area contributed by atoms with Gasteiger partial charge in [-0.3, -0.25) is 4.99 Å². The normalized spacial score (nSPS) is 15.9. The minimum atomic E-state index is -0.130. The van der Waals surface area contributed by atoms with Gasteiger partial charge in [0.15, 0.2) is 5.96 Å². The van der Waals surface area contributed by atoms with Crippen molar-refractivity contribution in [3.63, 3.8) is 0 Å².